The Bertz CT molecular complexity index is 244. The molecule has 1 aliphatic rings. The van der Waals surface area contributed by atoms with Crippen molar-refractivity contribution in [1.29, 1.82) is 0 Å². The first-order valence-electron chi connectivity index (χ1n) is 5.83. The fourth-order valence-electron chi connectivity index (χ4n) is 1.15. The minimum absolute atomic E-state index is 0.153. The molecule has 88 valence electrons. The van der Waals surface area contributed by atoms with Gasteiger partial charge in [-0.3, -0.25) is 0 Å². The number of nitrogens with zero attached hydrogens (tertiary/aromatic N) is 2. The highest BCUT2D eigenvalue weighted by Crippen LogP contribution is 2.35. The zero-order valence-electron chi connectivity index (χ0n) is 10.2. The van der Waals surface area contributed by atoms with Gasteiger partial charge in [0, 0.05) is 5.92 Å². The Labute approximate surface area is 91.7 Å². The zero-order chi connectivity index (χ0) is 11.7. The Kier molecular flexibility index (Phi) is 7.91. The smallest absolute Gasteiger partial charge is 0.241 e. The van der Waals surface area contributed by atoms with Crippen molar-refractivity contribution in [2.45, 2.75) is 59.5 Å². The van der Waals surface area contributed by atoms with Crippen LogP contribution in [0.4, 0.5) is 0 Å². The van der Waals surface area contributed by atoms with Crippen LogP contribution in [0.3, 0.4) is 0 Å². The maximum atomic E-state index is 8.63. The summed E-state index contributed by atoms with van der Waals surface area (Å²) in [7, 11) is 0. The number of hydrogen-bond acceptors (Lipinski definition) is 4. The molecule has 0 spiro atoms. The molecule has 15 heavy (non-hydrogen) atoms. The number of rotatable bonds is 2. The minimum Gasteiger partial charge on any atom is -0.422 e. The van der Waals surface area contributed by atoms with Gasteiger partial charge in [0.15, 0.2) is 0 Å². The van der Waals surface area contributed by atoms with Crippen LogP contribution in [0, 0.1) is 0 Å². The molecule has 0 unspecified atom stereocenters. The van der Waals surface area contributed by atoms with Gasteiger partial charge in [0.1, 0.15) is 6.61 Å². The average molecular weight is 214 g/mol. The highest BCUT2D eigenvalue weighted by atomic mass is 16.4. The molecule has 1 aromatic heterocycles. The lowest BCUT2D eigenvalue weighted by Crippen LogP contribution is -2.08. The van der Waals surface area contributed by atoms with E-state index in [1.807, 2.05) is 27.7 Å². The van der Waals surface area contributed by atoms with E-state index in [1.165, 1.54) is 6.42 Å². The number of aliphatic hydroxyl groups is 1. The lowest BCUT2D eigenvalue weighted by molar-refractivity contribution is 0.228. The van der Waals surface area contributed by atoms with Crippen LogP contribution in [-0.2, 0) is 6.61 Å². The predicted octanol–water partition coefficient (Wildman–Crippen LogP) is 2.88. The molecule has 4 heteroatoms. The first-order chi connectivity index (χ1) is 7.40. The van der Waals surface area contributed by atoms with Gasteiger partial charge in [0.25, 0.3) is 0 Å². The lowest BCUT2D eigenvalue weighted by atomic mass is 9.85. The van der Waals surface area contributed by atoms with Crippen LogP contribution in [0.5, 0.6) is 0 Å². The molecule has 0 amide bonds. The molecule has 4 nitrogen and oxygen atoms in total. The molecule has 2 rings (SSSR count). The second-order valence-corrected chi connectivity index (χ2v) is 2.82. The largest absolute Gasteiger partial charge is 0.422 e. The van der Waals surface area contributed by atoms with Crippen molar-refractivity contribution in [2.24, 2.45) is 0 Å². The van der Waals surface area contributed by atoms with Crippen LogP contribution < -0.4 is 0 Å². The van der Waals surface area contributed by atoms with Gasteiger partial charge in [-0.25, -0.2) is 0 Å². The van der Waals surface area contributed by atoms with E-state index in [0.29, 0.717) is 17.7 Å². The molecule has 0 atom stereocenters. The summed E-state index contributed by atoms with van der Waals surface area (Å²) < 4.78 is 5.16. The van der Waals surface area contributed by atoms with E-state index >= 15 is 0 Å². The first kappa shape index (κ1) is 14.1. The topological polar surface area (TPSA) is 59.2 Å². The third kappa shape index (κ3) is 4.00. The highest BCUT2D eigenvalue weighted by molar-refractivity contribution is 4.95. The number of hydrogen-bond donors (Lipinski definition) is 1. The van der Waals surface area contributed by atoms with Gasteiger partial charge in [0.05, 0.1) is 0 Å². The van der Waals surface area contributed by atoms with Crippen LogP contribution in [0.15, 0.2) is 4.42 Å². The Morgan fingerprint density at radius 3 is 2.13 bits per heavy atom. The molecule has 1 aromatic rings. The van der Waals surface area contributed by atoms with Gasteiger partial charge in [-0.2, -0.15) is 0 Å². The molecule has 0 bridgehead atoms. The standard InChI is InChI=1S/C7H10N2O2.2C2H6/c10-4-6-8-9-7(11-6)5-2-1-3-5;2*1-2/h5,10H,1-4H2;2*1-2H3. The summed E-state index contributed by atoms with van der Waals surface area (Å²) >= 11 is 0. The summed E-state index contributed by atoms with van der Waals surface area (Å²) in [5.41, 5.74) is 0. The van der Waals surface area contributed by atoms with Crippen LogP contribution in [0.1, 0.15) is 64.7 Å². The summed E-state index contributed by atoms with van der Waals surface area (Å²) in [4.78, 5) is 0. The molecular formula is C11H22N2O2. The van der Waals surface area contributed by atoms with Crippen molar-refractivity contribution in [1.82, 2.24) is 10.2 Å². The van der Waals surface area contributed by atoms with E-state index in [0.717, 1.165) is 12.8 Å². The van der Waals surface area contributed by atoms with Crippen LogP contribution >= 0.6 is 0 Å². The normalized spacial score (nSPS) is 14.2. The second kappa shape index (κ2) is 8.41. The van der Waals surface area contributed by atoms with Gasteiger partial charge < -0.3 is 9.52 Å². The van der Waals surface area contributed by atoms with Gasteiger partial charge >= 0.3 is 0 Å². The van der Waals surface area contributed by atoms with Gasteiger partial charge in [-0.05, 0) is 12.8 Å². The maximum absolute atomic E-state index is 8.63. The van der Waals surface area contributed by atoms with E-state index in [9.17, 15) is 0 Å². The Hall–Kier alpha value is -0.900. The van der Waals surface area contributed by atoms with Gasteiger partial charge in [-0.15, -0.1) is 10.2 Å². The highest BCUT2D eigenvalue weighted by Gasteiger charge is 2.24. The molecule has 1 fully saturated rings. The molecule has 0 radical (unpaired) electrons. The molecule has 1 saturated carbocycles. The third-order valence-corrected chi connectivity index (χ3v) is 2.07. The first-order valence-corrected chi connectivity index (χ1v) is 5.83. The van der Waals surface area contributed by atoms with Crippen molar-refractivity contribution in [2.75, 3.05) is 0 Å². The Morgan fingerprint density at radius 1 is 1.20 bits per heavy atom. The van der Waals surface area contributed by atoms with Crippen molar-refractivity contribution in [3.8, 4) is 0 Å². The van der Waals surface area contributed by atoms with E-state index in [2.05, 4.69) is 10.2 Å². The van der Waals surface area contributed by atoms with Gasteiger partial charge in [-0.1, -0.05) is 34.1 Å². The van der Waals surface area contributed by atoms with E-state index in [-0.39, 0.29) is 6.61 Å². The minimum atomic E-state index is -0.153. The molecular weight excluding hydrogens is 192 g/mol. The lowest BCUT2D eigenvalue weighted by Gasteiger charge is -2.20. The molecule has 1 N–H and O–H groups in total. The maximum Gasteiger partial charge on any atom is 0.241 e. The van der Waals surface area contributed by atoms with Crippen LogP contribution in [0.2, 0.25) is 0 Å². The zero-order valence-corrected chi connectivity index (χ0v) is 10.2. The summed E-state index contributed by atoms with van der Waals surface area (Å²) in [6.45, 7) is 7.85. The SMILES string of the molecule is CC.CC.OCc1nnc(C2CCC2)o1. The Morgan fingerprint density at radius 2 is 1.80 bits per heavy atom. The summed E-state index contributed by atoms with van der Waals surface area (Å²) in [5.74, 6) is 1.48. The van der Waals surface area contributed by atoms with E-state index < -0.39 is 0 Å². The van der Waals surface area contributed by atoms with E-state index in [4.69, 9.17) is 9.52 Å². The van der Waals surface area contributed by atoms with E-state index in [1.54, 1.807) is 0 Å². The fourth-order valence-corrected chi connectivity index (χ4v) is 1.15. The van der Waals surface area contributed by atoms with Gasteiger partial charge in [0.2, 0.25) is 11.8 Å². The average Bonchev–Trinajstić information content (AvgIpc) is 2.70. The molecule has 1 aliphatic carbocycles. The summed E-state index contributed by atoms with van der Waals surface area (Å²) in [6, 6.07) is 0. The summed E-state index contributed by atoms with van der Waals surface area (Å²) in [5, 5.41) is 16.1. The van der Waals surface area contributed by atoms with Crippen molar-refractivity contribution < 1.29 is 9.52 Å². The molecule has 0 aromatic carbocycles. The van der Waals surface area contributed by atoms with Crippen molar-refractivity contribution >= 4 is 0 Å². The quantitative estimate of drug-likeness (QED) is 0.822. The predicted molar refractivity (Wildman–Crippen MR) is 59.5 cm³/mol. The Balaban J connectivity index is 0.000000442. The van der Waals surface area contributed by atoms with Crippen LogP contribution in [0.25, 0.3) is 0 Å². The fraction of sp³-hybridized carbons (Fsp3) is 0.818. The number of aromatic nitrogens is 2. The van der Waals surface area contributed by atoms with Crippen molar-refractivity contribution in [3.63, 3.8) is 0 Å². The van der Waals surface area contributed by atoms with Crippen molar-refractivity contribution in [3.05, 3.63) is 11.8 Å². The third-order valence-electron chi connectivity index (χ3n) is 2.07. The summed E-state index contributed by atoms with van der Waals surface area (Å²) in [6.07, 6.45) is 3.54. The molecule has 0 aliphatic heterocycles. The number of aliphatic hydroxyl groups excluding tert-OH is 1. The van der Waals surface area contributed by atoms with Crippen LogP contribution in [-0.4, -0.2) is 15.3 Å². The molecule has 1 heterocycles. The monoisotopic (exact) mass is 214 g/mol. The second-order valence-electron chi connectivity index (χ2n) is 2.82. The molecule has 0 saturated heterocycles.